The quantitative estimate of drug-likeness (QED) is 0.852. The maximum atomic E-state index is 11.7. The van der Waals surface area contributed by atoms with Gasteiger partial charge in [-0.3, -0.25) is 0 Å². The summed E-state index contributed by atoms with van der Waals surface area (Å²) in [7, 11) is 1.36. The molecular formula is C16H19NO3S. The number of ether oxygens (including phenoxy) is 2. The van der Waals surface area contributed by atoms with Gasteiger partial charge in [0.1, 0.15) is 10.6 Å². The van der Waals surface area contributed by atoms with Gasteiger partial charge in [0.05, 0.1) is 19.4 Å². The molecule has 2 rings (SSSR count). The van der Waals surface area contributed by atoms with Gasteiger partial charge in [-0.25, -0.2) is 4.79 Å². The molecule has 112 valence electrons. The second kappa shape index (κ2) is 6.63. The second-order valence-corrected chi connectivity index (χ2v) is 5.69. The third kappa shape index (κ3) is 3.19. The van der Waals surface area contributed by atoms with Crippen LogP contribution in [0.15, 0.2) is 24.3 Å². The van der Waals surface area contributed by atoms with Crippen LogP contribution >= 0.6 is 11.3 Å². The minimum absolute atomic E-state index is 0.398. The Kier molecular flexibility index (Phi) is 4.85. The molecule has 2 N–H and O–H groups in total. The fraction of sp³-hybridized carbons (Fsp3) is 0.312. The standard InChI is InChI=1S/C16H19NO3S/c1-4-8-20-12-7-5-6-11(9-12)14-10(2)13(17)15(21-14)16(18)19-3/h5-7,9H,4,8,17H2,1-3H3. The molecule has 0 spiro atoms. The van der Waals surface area contributed by atoms with Gasteiger partial charge in [0, 0.05) is 4.88 Å². The zero-order chi connectivity index (χ0) is 15.4. The van der Waals surface area contributed by atoms with E-state index in [9.17, 15) is 4.79 Å². The molecule has 2 aromatic rings. The molecule has 4 nitrogen and oxygen atoms in total. The summed E-state index contributed by atoms with van der Waals surface area (Å²) < 4.78 is 10.4. The highest BCUT2D eigenvalue weighted by atomic mass is 32.1. The molecule has 0 atom stereocenters. The highest BCUT2D eigenvalue weighted by molar-refractivity contribution is 7.18. The van der Waals surface area contributed by atoms with Crippen molar-refractivity contribution in [1.29, 1.82) is 0 Å². The molecule has 0 fully saturated rings. The van der Waals surface area contributed by atoms with E-state index in [0.29, 0.717) is 17.2 Å². The molecule has 0 radical (unpaired) electrons. The number of anilines is 1. The number of hydrogen-bond acceptors (Lipinski definition) is 5. The Labute approximate surface area is 128 Å². The number of esters is 1. The average molecular weight is 305 g/mol. The number of rotatable bonds is 5. The number of hydrogen-bond donors (Lipinski definition) is 1. The average Bonchev–Trinajstić information content (AvgIpc) is 2.81. The summed E-state index contributed by atoms with van der Waals surface area (Å²) >= 11 is 1.35. The molecule has 5 heteroatoms. The van der Waals surface area contributed by atoms with Crippen LogP contribution in [0, 0.1) is 6.92 Å². The lowest BCUT2D eigenvalue weighted by atomic mass is 10.1. The third-order valence-corrected chi connectivity index (χ3v) is 4.47. The Morgan fingerprint density at radius 1 is 1.38 bits per heavy atom. The van der Waals surface area contributed by atoms with Gasteiger partial charge < -0.3 is 15.2 Å². The first kappa shape index (κ1) is 15.4. The van der Waals surface area contributed by atoms with E-state index in [1.807, 2.05) is 31.2 Å². The van der Waals surface area contributed by atoms with Crippen LogP contribution in [0.5, 0.6) is 5.75 Å². The van der Waals surface area contributed by atoms with Crippen LogP contribution in [0.1, 0.15) is 28.6 Å². The summed E-state index contributed by atoms with van der Waals surface area (Å²) in [6.45, 7) is 4.66. The van der Waals surface area contributed by atoms with E-state index in [1.54, 1.807) is 0 Å². The second-order valence-electron chi connectivity index (χ2n) is 4.67. The largest absolute Gasteiger partial charge is 0.494 e. The van der Waals surface area contributed by atoms with Crippen LogP contribution in [0.25, 0.3) is 10.4 Å². The normalized spacial score (nSPS) is 10.4. The number of methoxy groups -OCH3 is 1. The number of nitrogen functional groups attached to an aromatic ring is 1. The Morgan fingerprint density at radius 2 is 2.14 bits per heavy atom. The number of carbonyl (C=O) groups excluding carboxylic acids is 1. The van der Waals surface area contributed by atoms with E-state index in [4.69, 9.17) is 15.2 Å². The van der Waals surface area contributed by atoms with Crippen molar-refractivity contribution >= 4 is 23.0 Å². The van der Waals surface area contributed by atoms with Gasteiger partial charge in [-0.15, -0.1) is 11.3 Å². The van der Waals surface area contributed by atoms with Crippen LogP contribution in [-0.2, 0) is 4.74 Å². The van der Waals surface area contributed by atoms with Gasteiger partial charge in [-0.2, -0.15) is 0 Å². The van der Waals surface area contributed by atoms with E-state index >= 15 is 0 Å². The van der Waals surface area contributed by atoms with Crippen molar-refractivity contribution in [3.8, 4) is 16.2 Å². The topological polar surface area (TPSA) is 61.5 Å². The maximum absolute atomic E-state index is 11.7. The van der Waals surface area contributed by atoms with Crippen molar-refractivity contribution in [3.63, 3.8) is 0 Å². The highest BCUT2D eigenvalue weighted by Gasteiger charge is 2.20. The Balaban J connectivity index is 2.40. The minimum atomic E-state index is -0.398. The third-order valence-electron chi connectivity index (χ3n) is 3.13. The first-order chi connectivity index (χ1) is 10.1. The molecule has 0 saturated carbocycles. The predicted molar refractivity (Wildman–Crippen MR) is 86.0 cm³/mol. The van der Waals surface area contributed by atoms with E-state index in [0.717, 1.165) is 28.2 Å². The number of thiophene rings is 1. The molecule has 0 unspecified atom stereocenters. The highest BCUT2D eigenvalue weighted by Crippen LogP contribution is 2.39. The zero-order valence-corrected chi connectivity index (χ0v) is 13.3. The summed E-state index contributed by atoms with van der Waals surface area (Å²) in [5.74, 6) is 0.422. The number of carbonyl (C=O) groups is 1. The first-order valence-electron chi connectivity index (χ1n) is 6.78. The molecule has 0 aliphatic rings. The van der Waals surface area contributed by atoms with Gasteiger partial charge >= 0.3 is 5.97 Å². The lowest BCUT2D eigenvalue weighted by molar-refractivity contribution is 0.0607. The summed E-state index contributed by atoms with van der Waals surface area (Å²) in [5.41, 5.74) is 8.39. The fourth-order valence-corrected chi connectivity index (χ4v) is 3.13. The van der Waals surface area contributed by atoms with Crippen molar-refractivity contribution in [1.82, 2.24) is 0 Å². The Morgan fingerprint density at radius 3 is 2.81 bits per heavy atom. The van der Waals surface area contributed by atoms with E-state index in [-0.39, 0.29) is 0 Å². The molecule has 0 aliphatic carbocycles. The maximum Gasteiger partial charge on any atom is 0.350 e. The van der Waals surface area contributed by atoms with Crippen LogP contribution in [0.3, 0.4) is 0 Å². The fourth-order valence-electron chi connectivity index (χ4n) is 1.99. The molecule has 21 heavy (non-hydrogen) atoms. The molecule has 0 saturated heterocycles. The number of nitrogens with two attached hydrogens (primary N) is 1. The van der Waals surface area contributed by atoms with Gasteiger partial charge in [-0.1, -0.05) is 19.1 Å². The summed E-state index contributed by atoms with van der Waals surface area (Å²) in [5, 5.41) is 0. The van der Waals surface area contributed by atoms with Gasteiger partial charge in [0.15, 0.2) is 0 Å². The molecule has 0 aliphatic heterocycles. The lowest BCUT2D eigenvalue weighted by Gasteiger charge is -2.06. The smallest absolute Gasteiger partial charge is 0.350 e. The first-order valence-corrected chi connectivity index (χ1v) is 7.60. The molecule has 1 heterocycles. The Hall–Kier alpha value is -2.01. The molecule has 0 amide bonds. The monoisotopic (exact) mass is 305 g/mol. The predicted octanol–water partition coefficient (Wildman–Crippen LogP) is 3.88. The molecular weight excluding hydrogens is 286 g/mol. The van der Waals surface area contributed by atoms with Crippen LogP contribution in [0.4, 0.5) is 5.69 Å². The van der Waals surface area contributed by atoms with E-state index < -0.39 is 5.97 Å². The van der Waals surface area contributed by atoms with Gasteiger partial charge in [-0.05, 0) is 36.6 Å². The summed E-state index contributed by atoms with van der Waals surface area (Å²) in [4.78, 5) is 13.1. The van der Waals surface area contributed by atoms with Crippen molar-refractivity contribution in [2.24, 2.45) is 0 Å². The van der Waals surface area contributed by atoms with E-state index in [1.165, 1.54) is 18.4 Å². The van der Waals surface area contributed by atoms with Crippen molar-refractivity contribution < 1.29 is 14.3 Å². The zero-order valence-electron chi connectivity index (χ0n) is 12.4. The summed E-state index contributed by atoms with van der Waals surface area (Å²) in [6, 6.07) is 7.81. The molecule has 1 aromatic heterocycles. The minimum Gasteiger partial charge on any atom is -0.494 e. The van der Waals surface area contributed by atoms with Crippen molar-refractivity contribution in [2.75, 3.05) is 19.5 Å². The van der Waals surface area contributed by atoms with Crippen molar-refractivity contribution in [2.45, 2.75) is 20.3 Å². The van der Waals surface area contributed by atoms with Crippen molar-refractivity contribution in [3.05, 3.63) is 34.7 Å². The van der Waals surface area contributed by atoms with Crippen LogP contribution in [-0.4, -0.2) is 19.7 Å². The molecule has 0 bridgehead atoms. The van der Waals surface area contributed by atoms with E-state index in [2.05, 4.69) is 6.92 Å². The summed E-state index contributed by atoms with van der Waals surface area (Å²) in [6.07, 6.45) is 0.960. The van der Waals surface area contributed by atoms with Gasteiger partial charge in [0.2, 0.25) is 0 Å². The van der Waals surface area contributed by atoms with Crippen LogP contribution < -0.4 is 10.5 Å². The lowest BCUT2D eigenvalue weighted by Crippen LogP contribution is -2.01. The Bertz CT molecular complexity index is 649. The molecule has 1 aromatic carbocycles. The van der Waals surface area contributed by atoms with Crippen LogP contribution in [0.2, 0.25) is 0 Å². The SMILES string of the molecule is CCCOc1cccc(-c2sc(C(=O)OC)c(N)c2C)c1. The number of benzene rings is 1. The van der Waals surface area contributed by atoms with Gasteiger partial charge in [0.25, 0.3) is 0 Å².